The van der Waals surface area contributed by atoms with Gasteiger partial charge in [0.25, 0.3) is 0 Å². The summed E-state index contributed by atoms with van der Waals surface area (Å²) in [6, 6.07) is 7.22. The van der Waals surface area contributed by atoms with Gasteiger partial charge in [-0.2, -0.15) is 10.4 Å². The maximum Gasteiger partial charge on any atom is 0.137 e. The number of nitrogens with zero attached hydrogens (tertiary/aromatic N) is 3. The van der Waals surface area contributed by atoms with E-state index in [1.807, 2.05) is 6.07 Å². The van der Waals surface area contributed by atoms with Crippen LogP contribution in [0.2, 0.25) is 0 Å². The molecule has 0 saturated carbocycles. The number of hydrogen-bond acceptors (Lipinski definition) is 5. The van der Waals surface area contributed by atoms with Crippen molar-refractivity contribution >= 4 is 11.4 Å². The zero-order chi connectivity index (χ0) is 12.1. The second-order valence-electron chi connectivity index (χ2n) is 3.52. The number of hydrogen-bond donors (Lipinski definition) is 3. The van der Waals surface area contributed by atoms with Crippen LogP contribution in [0.1, 0.15) is 11.4 Å². The van der Waals surface area contributed by atoms with Gasteiger partial charge in [0, 0.05) is 13.0 Å². The number of rotatable bonds is 4. The Kier molecular flexibility index (Phi) is 3.21. The summed E-state index contributed by atoms with van der Waals surface area (Å²) in [6.45, 7) is 0.700. The normalized spacial score (nSPS) is 9.82. The predicted molar refractivity (Wildman–Crippen MR) is 64.1 cm³/mol. The lowest BCUT2D eigenvalue weighted by atomic mass is 10.2. The minimum Gasteiger partial charge on any atom is -0.397 e. The lowest BCUT2D eigenvalue weighted by Crippen LogP contribution is -2.07. The number of anilines is 2. The summed E-state index contributed by atoms with van der Waals surface area (Å²) in [5, 5.41) is 18.4. The van der Waals surface area contributed by atoms with Gasteiger partial charge in [0.15, 0.2) is 0 Å². The van der Waals surface area contributed by atoms with E-state index in [0.717, 1.165) is 17.9 Å². The molecule has 1 heterocycles. The lowest BCUT2D eigenvalue weighted by Gasteiger charge is -2.08. The third-order valence-corrected chi connectivity index (χ3v) is 2.32. The summed E-state index contributed by atoms with van der Waals surface area (Å²) in [7, 11) is 0. The van der Waals surface area contributed by atoms with Gasteiger partial charge in [-0.3, -0.25) is 5.10 Å². The Balaban J connectivity index is 1.93. The van der Waals surface area contributed by atoms with Crippen LogP contribution in [0.3, 0.4) is 0 Å². The molecular formula is C11H12N6. The summed E-state index contributed by atoms with van der Waals surface area (Å²) in [6.07, 6.45) is 2.21. The molecule has 86 valence electrons. The van der Waals surface area contributed by atoms with Crippen LogP contribution in [-0.2, 0) is 6.42 Å². The average molecular weight is 228 g/mol. The van der Waals surface area contributed by atoms with E-state index >= 15 is 0 Å². The van der Waals surface area contributed by atoms with E-state index in [1.54, 1.807) is 18.2 Å². The van der Waals surface area contributed by atoms with E-state index in [2.05, 4.69) is 20.5 Å². The molecule has 0 atom stereocenters. The first-order valence-electron chi connectivity index (χ1n) is 5.17. The maximum absolute atomic E-state index is 8.71. The van der Waals surface area contributed by atoms with Crippen molar-refractivity contribution in [2.45, 2.75) is 6.42 Å². The van der Waals surface area contributed by atoms with Crippen molar-refractivity contribution in [1.29, 1.82) is 5.26 Å². The van der Waals surface area contributed by atoms with E-state index in [4.69, 9.17) is 11.0 Å². The molecule has 0 fully saturated rings. The Labute approximate surface area is 98.5 Å². The van der Waals surface area contributed by atoms with Gasteiger partial charge in [-0.25, -0.2) is 4.98 Å². The molecule has 17 heavy (non-hydrogen) atoms. The van der Waals surface area contributed by atoms with Crippen molar-refractivity contribution in [3.05, 3.63) is 35.9 Å². The maximum atomic E-state index is 8.71. The van der Waals surface area contributed by atoms with Gasteiger partial charge in [-0.15, -0.1) is 0 Å². The number of nitrogens with two attached hydrogens (primary N) is 1. The molecule has 0 saturated heterocycles. The molecule has 0 spiro atoms. The highest BCUT2D eigenvalue weighted by Gasteiger charge is 2.01. The molecule has 0 aliphatic rings. The fourth-order valence-electron chi connectivity index (χ4n) is 1.46. The minimum atomic E-state index is 0.559. The summed E-state index contributed by atoms with van der Waals surface area (Å²) in [4.78, 5) is 4.02. The number of nitrogen functional groups attached to an aromatic ring is 1. The molecule has 0 aliphatic carbocycles. The zero-order valence-corrected chi connectivity index (χ0v) is 9.14. The van der Waals surface area contributed by atoms with Gasteiger partial charge in [0.05, 0.1) is 23.0 Å². The van der Waals surface area contributed by atoms with Crippen LogP contribution in [0, 0.1) is 11.3 Å². The third kappa shape index (κ3) is 2.72. The Bertz CT molecular complexity index is 525. The van der Waals surface area contributed by atoms with E-state index in [1.165, 1.54) is 6.33 Å². The van der Waals surface area contributed by atoms with Gasteiger partial charge in [0.1, 0.15) is 12.2 Å². The smallest absolute Gasteiger partial charge is 0.137 e. The molecule has 6 nitrogen and oxygen atoms in total. The topological polar surface area (TPSA) is 103 Å². The minimum absolute atomic E-state index is 0.559. The fourth-order valence-corrected chi connectivity index (χ4v) is 1.46. The number of nitrogens with one attached hydrogen (secondary N) is 2. The molecule has 2 aromatic rings. The van der Waals surface area contributed by atoms with Crippen molar-refractivity contribution in [3.63, 3.8) is 0 Å². The van der Waals surface area contributed by atoms with Gasteiger partial charge >= 0.3 is 0 Å². The third-order valence-electron chi connectivity index (χ3n) is 2.32. The summed E-state index contributed by atoms with van der Waals surface area (Å²) in [5.74, 6) is 0.824. The van der Waals surface area contributed by atoms with Crippen LogP contribution in [0.5, 0.6) is 0 Å². The van der Waals surface area contributed by atoms with E-state index in [0.29, 0.717) is 17.8 Å². The predicted octanol–water partition coefficient (Wildman–Crippen LogP) is 0.913. The first kappa shape index (κ1) is 11.0. The van der Waals surface area contributed by atoms with Crippen molar-refractivity contribution in [3.8, 4) is 6.07 Å². The van der Waals surface area contributed by atoms with Crippen LogP contribution in [0.15, 0.2) is 24.5 Å². The number of H-pyrrole nitrogens is 1. The Morgan fingerprint density at radius 1 is 1.47 bits per heavy atom. The summed E-state index contributed by atoms with van der Waals surface area (Å²) < 4.78 is 0. The first-order chi connectivity index (χ1) is 8.29. The quantitative estimate of drug-likeness (QED) is 0.675. The molecule has 6 heteroatoms. The van der Waals surface area contributed by atoms with Crippen LogP contribution in [0.25, 0.3) is 0 Å². The Hall–Kier alpha value is -2.55. The highest BCUT2D eigenvalue weighted by atomic mass is 15.2. The number of aromatic nitrogens is 3. The molecule has 2 rings (SSSR count). The molecule has 0 unspecified atom stereocenters. The Morgan fingerprint density at radius 2 is 2.35 bits per heavy atom. The molecule has 4 N–H and O–H groups in total. The van der Waals surface area contributed by atoms with E-state index in [-0.39, 0.29) is 0 Å². The van der Waals surface area contributed by atoms with Crippen molar-refractivity contribution in [1.82, 2.24) is 15.2 Å². The van der Waals surface area contributed by atoms with Gasteiger partial charge in [-0.05, 0) is 18.2 Å². The van der Waals surface area contributed by atoms with Gasteiger partial charge < -0.3 is 11.1 Å². The molecule has 0 amide bonds. The summed E-state index contributed by atoms with van der Waals surface area (Å²) >= 11 is 0. The van der Waals surface area contributed by atoms with Crippen LogP contribution in [0.4, 0.5) is 11.4 Å². The number of aromatic amines is 1. The van der Waals surface area contributed by atoms with Gasteiger partial charge in [-0.1, -0.05) is 0 Å². The van der Waals surface area contributed by atoms with E-state index < -0.39 is 0 Å². The largest absolute Gasteiger partial charge is 0.397 e. The standard InChI is InChI=1S/C11H12N6/c12-6-8-1-2-10(9(13)5-8)14-4-3-11-15-7-16-17-11/h1-2,5,7,14H,3-4,13H2,(H,15,16,17). The lowest BCUT2D eigenvalue weighted by molar-refractivity contribution is 0.901. The molecule has 0 aliphatic heterocycles. The van der Waals surface area contributed by atoms with E-state index in [9.17, 15) is 0 Å². The molecular weight excluding hydrogens is 216 g/mol. The SMILES string of the molecule is N#Cc1ccc(NCCc2ncn[nH]2)c(N)c1. The fraction of sp³-hybridized carbons (Fsp3) is 0.182. The van der Waals surface area contributed by atoms with Crippen molar-refractivity contribution in [2.24, 2.45) is 0 Å². The molecule has 0 bridgehead atoms. The highest BCUT2D eigenvalue weighted by Crippen LogP contribution is 2.19. The van der Waals surface area contributed by atoms with Gasteiger partial charge in [0.2, 0.25) is 0 Å². The van der Waals surface area contributed by atoms with Crippen molar-refractivity contribution < 1.29 is 0 Å². The molecule has 1 aromatic heterocycles. The van der Waals surface area contributed by atoms with Crippen LogP contribution in [-0.4, -0.2) is 21.7 Å². The second kappa shape index (κ2) is 4.99. The highest BCUT2D eigenvalue weighted by molar-refractivity contribution is 5.68. The Morgan fingerprint density at radius 3 is 3.00 bits per heavy atom. The number of benzene rings is 1. The monoisotopic (exact) mass is 228 g/mol. The molecule has 0 radical (unpaired) electrons. The summed E-state index contributed by atoms with van der Waals surface area (Å²) in [5.41, 5.74) is 7.76. The van der Waals surface area contributed by atoms with Crippen LogP contribution < -0.4 is 11.1 Å². The second-order valence-corrected chi connectivity index (χ2v) is 3.52. The first-order valence-corrected chi connectivity index (χ1v) is 5.17. The zero-order valence-electron chi connectivity index (χ0n) is 9.14. The number of nitriles is 1. The molecule has 1 aromatic carbocycles. The van der Waals surface area contributed by atoms with Crippen molar-refractivity contribution in [2.75, 3.05) is 17.6 Å². The van der Waals surface area contributed by atoms with Crippen LogP contribution >= 0.6 is 0 Å². The average Bonchev–Trinajstić information content (AvgIpc) is 2.84.